The molecule has 1 amide bonds. The SMILES string of the molecule is C/C(=C\C(=O)N1CCC(N(C)C)CC1)c1ccccc1C(F)(F)F. The molecule has 1 aromatic rings. The average molecular weight is 340 g/mol. The van der Waals surface area contributed by atoms with Crippen LogP contribution < -0.4 is 0 Å². The van der Waals surface area contributed by atoms with Gasteiger partial charge in [0.1, 0.15) is 0 Å². The molecule has 3 nitrogen and oxygen atoms in total. The van der Waals surface area contributed by atoms with Crippen molar-refractivity contribution in [3.8, 4) is 0 Å². The highest BCUT2D eigenvalue weighted by atomic mass is 19.4. The van der Waals surface area contributed by atoms with Crippen LogP contribution in [0, 0.1) is 0 Å². The summed E-state index contributed by atoms with van der Waals surface area (Å²) in [5.41, 5.74) is -0.318. The molecule has 0 atom stereocenters. The van der Waals surface area contributed by atoms with Gasteiger partial charge in [-0.1, -0.05) is 18.2 Å². The van der Waals surface area contributed by atoms with Crippen LogP contribution in [0.4, 0.5) is 13.2 Å². The van der Waals surface area contributed by atoms with Gasteiger partial charge in [-0.15, -0.1) is 0 Å². The number of halogens is 3. The van der Waals surface area contributed by atoms with Crippen LogP contribution in [0.5, 0.6) is 0 Å². The Hall–Kier alpha value is -1.82. The zero-order valence-corrected chi connectivity index (χ0v) is 14.2. The summed E-state index contributed by atoms with van der Waals surface area (Å²) in [7, 11) is 4.03. The molecule has 24 heavy (non-hydrogen) atoms. The van der Waals surface area contributed by atoms with Crippen molar-refractivity contribution >= 4 is 11.5 Å². The smallest absolute Gasteiger partial charge is 0.339 e. The monoisotopic (exact) mass is 340 g/mol. The first-order chi connectivity index (χ1) is 11.2. The molecule has 6 heteroatoms. The van der Waals surface area contributed by atoms with E-state index in [4.69, 9.17) is 0 Å². The highest BCUT2D eigenvalue weighted by Crippen LogP contribution is 2.34. The highest BCUT2D eigenvalue weighted by molar-refractivity contribution is 5.95. The predicted molar refractivity (Wildman–Crippen MR) is 88.4 cm³/mol. The summed E-state index contributed by atoms with van der Waals surface area (Å²) < 4.78 is 39.3. The Morgan fingerprint density at radius 1 is 1.21 bits per heavy atom. The molecule has 1 aliphatic heterocycles. The molecular weight excluding hydrogens is 317 g/mol. The Kier molecular flexibility index (Phi) is 5.70. The maximum absolute atomic E-state index is 13.1. The lowest BCUT2D eigenvalue weighted by Gasteiger charge is -2.34. The average Bonchev–Trinajstić information content (AvgIpc) is 2.54. The van der Waals surface area contributed by atoms with Crippen LogP contribution in [0.3, 0.4) is 0 Å². The Balaban J connectivity index is 2.13. The first kappa shape index (κ1) is 18.5. The molecule has 1 aromatic carbocycles. The van der Waals surface area contributed by atoms with Crippen molar-refractivity contribution < 1.29 is 18.0 Å². The lowest BCUT2D eigenvalue weighted by Crippen LogP contribution is -2.44. The number of benzene rings is 1. The second-order valence-corrected chi connectivity index (χ2v) is 6.39. The van der Waals surface area contributed by atoms with Crippen molar-refractivity contribution in [3.05, 3.63) is 41.5 Å². The summed E-state index contributed by atoms with van der Waals surface area (Å²) in [5, 5.41) is 0. The van der Waals surface area contributed by atoms with Crippen molar-refractivity contribution in [2.45, 2.75) is 32.0 Å². The number of alkyl halides is 3. The third kappa shape index (κ3) is 4.38. The zero-order chi connectivity index (χ0) is 17.9. The molecule has 0 aromatic heterocycles. The molecule has 0 N–H and O–H groups in total. The minimum absolute atomic E-state index is 0.0570. The van der Waals surface area contributed by atoms with E-state index in [0.29, 0.717) is 24.7 Å². The van der Waals surface area contributed by atoms with E-state index < -0.39 is 11.7 Å². The number of allylic oxidation sites excluding steroid dienone is 1. The topological polar surface area (TPSA) is 23.6 Å². The molecule has 1 heterocycles. The minimum Gasteiger partial charge on any atom is -0.339 e. The molecular formula is C18H23F3N2O. The van der Waals surface area contributed by atoms with E-state index in [9.17, 15) is 18.0 Å². The number of hydrogen-bond acceptors (Lipinski definition) is 2. The summed E-state index contributed by atoms with van der Waals surface area (Å²) in [4.78, 5) is 16.2. The van der Waals surface area contributed by atoms with Gasteiger partial charge in [-0.05, 0) is 51.1 Å². The van der Waals surface area contributed by atoms with Gasteiger partial charge in [0, 0.05) is 25.2 Å². The van der Waals surface area contributed by atoms with Gasteiger partial charge in [0.25, 0.3) is 0 Å². The van der Waals surface area contributed by atoms with E-state index in [0.717, 1.165) is 18.9 Å². The van der Waals surface area contributed by atoms with Crippen LogP contribution in [-0.4, -0.2) is 48.9 Å². The Labute approximate surface area is 140 Å². The molecule has 1 saturated heterocycles. The Morgan fingerprint density at radius 2 is 1.79 bits per heavy atom. The molecule has 0 bridgehead atoms. The van der Waals surface area contributed by atoms with Crippen LogP contribution >= 0.6 is 0 Å². The third-order valence-corrected chi connectivity index (χ3v) is 4.50. The van der Waals surface area contributed by atoms with Gasteiger partial charge >= 0.3 is 6.18 Å². The summed E-state index contributed by atoms with van der Waals surface area (Å²) in [6.07, 6.45) is -1.35. The van der Waals surface area contributed by atoms with E-state index in [1.807, 2.05) is 14.1 Å². The second kappa shape index (κ2) is 7.38. The van der Waals surface area contributed by atoms with Gasteiger partial charge in [-0.25, -0.2) is 0 Å². The number of carbonyl (C=O) groups is 1. The lowest BCUT2D eigenvalue weighted by atomic mass is 9.99. The van der Waals surface area contributed by atoms with Crippen LogP contribution in [0.15, 0.2) is 30.3 Å². The second-order valence-electron chi connectivity index (χ2n) is 6.39. The summed E-state index contributed by atoms with van der Waals surface area (Å²) in [5.74, 6) is -0.221. The number of carbonyl (C=O) groups excluding carboxylic acids is 1. The molecule has 0 radical (unpaired) electrons. The van der Waals surface area contributed by atoms with Gasteiger partial charge < -0.3 is 9.80 Å². The van der Waals surface area contributed by atoms with Crippen molar-refractivity contribution in [1.82, 2.24) is 9.80 Å². The van der Waals surface area contributed by atoms with Crippen LogP contribution in [0.2, 0.25) is 0 Å². The van der Waals surface area contributed by atoms with E-state index in [1.54, 1.807) is 17.9 Å². The molecule has 0 spiro atoms. The molecule has 0 saturated carbocycles. The first-order valence-corrected chi connectivity index (χ1v) is 8.00. The van der Waals surface area contributed by atoms with Crippen molar-refractivity contribution in [3.63, 3.8) is 0 Å². The summed E-state index contributed by atoms with van der Waals surface area (Å²) >= 11 is 0. The normalized spacial score (nSPS) is 17.5. The van der Waals surface area contributed by atoms with Gasteiger partial charge in [0.2, 0.25) is 5.91 Å². The van der Waals surface area contributed by atoms with E-state index in [-0.39, 0.29) is 11.5 Å². The van der Waals surface area contributed by atoms with Crippen LogP contribution in [-0.2, 0) is 11.0 Å². The van der Waals surface area contributed by atoms with Crippen molar-refractivity contribution in [2.24, 2.45) is 0 Å². The summed E-state index contributed by atoms with van der Waals surface area (Å²) in [6.45, 7) is 2.81. The number of likely N-dealkylation sites (tertiary alicyclic amines) is 1. The standard InChI is InChI=1S/C18H23F3N2O/c1-13(15-6-4-5-7-16(15)18(19,20)21)12-17(24)23-10-8-14(9-11-23)22(2)3/h4-7,12,14H,8-11H2,1-3H3/b13-12+. The third-order valence-electron chi connectivity index (χ3n) is 4.50. The maximum Gasteiger partial charge on any atom is 0.416 e. The molecule has 1 fully saturated rings. The quantitative estimate of drug-likeness (QED) is 0.784. The number of hydrogen-bond donors (Lipinski definition) is 0. The fourth-order valence-corrected chi connectivity index (χ4v) is 3.03. The Bertz CT molecular complexity index is 615. The maximum atomic E-state index is 13.1. The molecule has 0 unspecified atom stereocenters. The molecule has 2 rings (SSSR count). The van der Waals surface area contributed by atoms with E-state index in [1.165, 1.54) is 18.2 Å². The zero-order valence-electron chi connectivity index (χ0n) is 14.2. The van der Waals surface area contributed by atoms with Crippen molar-refractivity contribution in [2.75, 3.05) is 27.2 Å². The minimum atomic E-state index is -4.43. The molecule has 132 valence electrons. The van der Waals surface area contributed by atoms with Crippen LogP contribution in [0.25, 0.3) is 5.57 Å². The predicted octanol–water partition coefficient (Wildman–Crippen LogP) is 3.66. The van der Waals surface area contributed by atoms with Gasteiger partial charge in [-0.2, -0.15) is 13.2 Å². The van der Waals surface area contributed by atoms with Gasteiger partial charge in [-0.3, -0.25) is 4.79 Å². The number of nitrogens with zero attached hydrogens (tertiary/aromatic N) is 2. The molecule has 1 aliphatic rings. The molecule has 0 aliphatic carbocycles. The lowest BCUT2D eigenvalue weighted by molar-refractivity contribution is -0.137. The highest BCUT2D eigenvalue weighted by Gasteiger charge is 2.33. The van der Waals surface area contributed by atoms with Gasteiger partial charge in [0.05, 0.1) is 5.56 Å². The van der Waals surface area contributed by atoms with Crippen LogP contribution in [0.1, 0.15) is 30.9 Å². The largest absolute Gasteiger partial charge is 0.416 e. The van der Waals surface area contributed by atoms with Crippen molar-refractivity contribution in [1.29, 1.82) is 0 Å². The Morgan fingerprint density at radius 3 is 2.33 bits per heavy atom. The fourth-order valence-electron chi connectivity index (χ4n) is 3.03. The fraction of sp³-hybridized carbons (Fsp3) is 0.500. The van der Waals surface area contributed by atoms with E-state index in [2.05, 4.69) is 4.90 Å². The number of piperidine rings is 1. The number of amides is 1. The first-order valence-electron chi connectivity index (χ1n) is 8.00. The van der Waals surface area contributed by atoms with Gasteiger partial charge in [0.15, 0.2) is 0 Å². The summed E-state index contributed by atoms with van der Waals surface area (Å²) in [6, 6.07) is 5.80. The number of rotatable bonds is 3. The van der Waals surface area contributed by atoms with E-state index >= 15 is 0 Å².